The van der Waals surface area contributed by atoms with Crippen LogP contribution in [0.5, 0.6) is 5.75 Å². The molecule has 0 unspecified atom stereocenters. The summed E-state index contributed by atoms with van der Waals surface area (Å²) in [5, 5.41) is 6.12. The summed E-state index contributed by atoms with van der Waals surface area (Å²) in [7, 11) is 0.885. The van der Waals surface area contributed by atoms with Crippen LogP contribution in [0.4, 0.5) is 27.5 Å². The molecule has 3 rings (SSSR count). The fourth-order valence-corrected chi connectivity index (χ4v) is 3.61. The van der Waals surface area contributed by atoms with Crippen molar-refractivity contribution >= 4 is 44.8 Å². The number of rotatable bonds is 7. The molecule has 0 radical (unpaired) electrons. The van der Waals surface area contributed by atoms with Crippen molar-refractivity contribution in [3.05, 3.63) is 59.5 Å². The van der Waals surface area contributed by atoms with Crippen molar-refractivity contribution in [2.24, 2.45) is 0 Å². The first-order chi connectivity index (χ1) is 14.2. The Bertz CT molecular complexity index is 1160. The summed E-state index contributed by atoms with van der Waals surface area (Å²) in [4.78, 5) is 8.19. The molecular weight excluding hydrogens is 433 g/mol. The van der Waals surface area contributed by atoms with Gasteiger partial charge in [-0.1, -0.05) is 11.6 Å². The van der Waals surface area contributed by atoms with Gasteiger partial charge in [-0.25, -0.2) is 22.1 Å². The van der Waals surface area contributed by atoms with Crippen LogP contribution in [0.2, 0.25) is 5.02 Å². The Balaban J connectivity index is 1.79. The molecule has 2 aromatic carbocycles. The Morgan fingerprint density at radius 2 is 1.73 bits per heavy atom. The van der Waals surface area contributed by atoms with Crippen LogP contribution in [0.25, 0.3) is 0 Å². The summed E-state index contributed by atoms with van der Waals surface area (Å²) >= 11 is 6.09. The molecule has 2 N–H and O–H groups in total. The predicted octanol–water partition coefficient (Wildman–Crippen LogP) is 4.02. The minimum Gasteiger partial charge on any atom is -0.495 e. The van der Waals surface area contributed by atoms with E-state index in [9.17, 15) is 12.8 Å². The second-order valence-electron chi connectivity index (χ2n) is 6.30. The fourth-order valence-electron chi connectivity index (χ4n) is 2.45. The molecule has 1 aromatic heterocycles. The molecule has 158 valence electrons. The second kappa shape index (κ2) is 8.82. The number of hydrogen-bond donors (Lipinski definition) is 2. The maximum atomic E-state index is 14.2. The highest BCUT2D eigenvalue weighted by Crippen LogP contribution is 2.29. The van der Waals surface area contributed by atoms with E-state index in [0.29, 0.717) is 22.1 Å². The van der Waals surface area contributed by atoms with Crippen molar-refractivity contribution in [2.45, 2.75) is 4.90 Å². The van der Waals surface area contributed by atoms with Gasteiger partial charge in [0.25, 0.3) is 0 Å². The van der Waals surface area contributed by atoms with Crippen LogP contribution in [-0.4, -0.2) is 43.9 Å². The van der Waals surface area contributed by atoms with Crippen molar-refractivity contribution in [2.75, 3.05) is 31.8 Å². The highest BCUT2D eigenvalue weighted by atomic mass is 35.5. The molecule has 11 heteroatoms. The molecule has 0 saturated carbocycles. The summed E-state index contributed by atoms with van der Waals surface area (Å²) in [5.74, 6) is -0.0883. The van der Waals surface area contributed by atoms with E-state index in [1.807, 2.05) is 0 Å². The molecule has 0 fully saturated rings. The fraction of sp³-hybridized carbons (Fsp3) is 0.158. The predicted molar refractivity (Wildman–Crippen MR) is 114 cm³/mol. The smallest absolute Gasteiger partial charge is 0.242 e. The van der Waals surface area contributed by atoms with Crippen LogP contribution >= 0.6 is 11.6 Å². The number of nitrogens with one attached hydrogen (secondary N) is 2. The third-order valence-electron chi connectivity index (χ3n) is 4.05. The average molecular weight is 452 g/mol. The van der Waals surface area contributed by atoms with E-state index in [1.165, 1.54) is 33.3 Å². The average Bonchev–Trinajstić information content (AvgIpc) is 2.71. The number of aromatic nitrogens is 2. The minimum absolute atomic E-state index is 0.0551. The van der Waals surface area contributed by atoms with E-state index in [2.05, 4.69) is 20.6 Å². The molecule has 0 bridgehead atoms. The lowest BCUT2D eigenvalue weighted by atomic mass is 10.3. The van der Waals surface area contributed by atoms with E-state index in [-0.39, 0.29) is 16.7 Å². The van der Waals surface area contributed by atoms with Gasteiger partial charge in [0.05, 0.1) is 23.2 Å². The van der Waals surface area contributed by atoms with E-state index < -0.39 is 15.8 Å². The molecular formula is C19H19ClFN5O3S. The van der Waals surface area contributed by atoms with E-state index in [1.54, 1.807) is 30.3 Å². The Hall–Kier alpha value is -2.95. The first-order valence-electron chi connectivity index (χ1n) is 8.63. The number of anilines is 4. The third-order valence-corrected chi connectivity index (χ3v) is 6.17. The van der Waals surface area contributed by atoms with Crippen molar-refractivity contribution in [3.8, 4) is 5.75 Å². The summed E-state index contributed by atoms with van der Waals surface area (Å²) in [6.07, 6.45) is 1.02. The zero-order valence-corrected chi connectivity index (χ0v) is 17.9. The summed E-state index contributed by atoms with van der Waals surface area (Å²) in [6, 6.07) is 11.0. The molecule has 0 amide bonds. The number of hydrogen-bond acceptors (Lipinski definition) is 7. The van der Waals surface area contributed by atoms with Gasteiger partial charge in [0.15, 0.2) is 11.6 Å². The van der Waals surface area contributed by atoms with Crippen molar-refractivity contribution in [3.63, 3.8) is 0 Å². The third kappa shape index (κ3) is 4.78. The van der Waals surface area contributed by atoms with Gasteiger partial charge < -0.3 is 15.4 Å². The van der Waals surface area contributed by atoms with Gasteiger partial charge >= 0.3 is 0 Å². The largest absolute Gasteiger partial charge is 0.495 e. The Kier molecular flexibility index (Phi) is 6.40. The molecule has 8 nitrogen and oxygen atoms in total. The topological polar surface area (TPSA) is 96.4 Å². The van der Waals surface area contributed by atoms with Crippen LogP contribution in [-0.2, 0) is 10.0 Å². The molecule has 0 aliphatic carbocycles. The standard InChI is InChI=1S/C19H19ClFN5O3S/c1-26(2)30(27,28)14-7-4-12(5-8-14)24-19-22-11-16(21)18(25-19)23-13-6-9-17(29-3)15(20)10-13/h4-11H,1-3H3,(H2,22,23,24,25). The number of halogens is 2. The van der Waals surface area contributed by atoms with Crippen LogP contribution < -0.4 is 15.4 Å². The zero-order valence-electron chi connectivity index (χ0n) is 16.3. The van der Waals surface area contributed by atoms with Crippen LogP contribution in [0, 0.1) is 5.82 Å². The van der Waals surface area contributed by atoms with Gasteiger partial charge in [0.1, 0.15) is 5.75 Å². The minimum atomic E-state index is -3.53. The monoisotopic (exact) mass is 451 g/mol. The van der Waals surface area contributed by atoms with Crippen LogP contribution in [0.15, 0.2) is 53.6 Å². The van der Waals surface area contributed by atoms with Gasteiger partial charge in [-0.3, -0.25) is 0 Å². The van der Waals surface area contributed by atoms with Gasteiger partial charge in [-0.2, -0.15) is 4.98 Å². The Morgan fingerprint density at radius 3 is 2.33 bits per heavy atom. The molecule has 0 saturated heterocycles. The molecule has 0 atom stereocenters. The molecule has 30 heavy (non-hydrogen) atoms. The molecule has 0 aliphatic rings. The van der Waals surface area contributed by atoms with Gasteiger partial charge in [-0.15, -0.1) is 0 Å². The Labute approximate surface area is 178 Å². The summed E-state index contributed by atoms with van der Waals surface area (Å²) in [5.41, 5.74) is 1.06. The maximum absolute atomic E-state index is 14.2. The molecule has 3 aromatic rings. The highest BCUT2D eigenvalue weighted by molar-refractivity contribution is 7.89. The van der Waals surface area contributed by atoms with Crippen LogP contribution in [0.3, 0.4) is 0 Å². The molecule has 0 aliphatic heterocycles. The highest BCUT2D eigenvalue weighted by Gasteiger charge is 2.17. The van der Waals surface area contributed by atoms with Gasteiger partial charge in [-0.05, 0) is 42.5 Å². The summed E-state index contributed by atoms with van der Waals surface area (Å²) in [6.45, 7) is 0. The number of benzene rings is 2. The van der Waals surface area contributed by atoms with Crippen molar-refractivity contribution in [1.82, 2.24) is 14.3 Å². The maximum Gasteiger partial charge on any atom is 0.242 e. The lowest BCUT2D eigenvalue weighted by Crippen LogP contribution is -2.22. The number of sulfonamides is 1. The first-order valence-corrected chi connectivity index (χ1v) is 10.4. The normalized spacial score (nSPS) is 11.4. The van der Waals surface area contributed by atoms with E-state index >= 15 is 0 Å². The molecule has 0 spiro atoms. The van der Waals surface area contributed by atoms with Gasteiger partial charge in [0, 0.05) is 25.5 Å². The quantitative estimate of drug-likeness (QED) is 0.560. The molecule has 1 heterocycles. The number of nitrogens with zero attached hydrogens (tertiary/aromatic N) is 3. The lowest BCUT2D eigenvalue weighted by Gasteiger charge is -2.12. The van der Waals surface area contributed by atoms with E-state index in [0.717, 1.165) is 10.5 Å². The number of methoxy groups -OCH3 is 1. The van der Waals surface area contributed by atoms with Crippen LogP contribution in [0.1, 0.15) is 0 Å². The first kappa shape index (κ1) is 21.8. The summed E-state index contributed by atoms with van der Waals surface area (Å²) < 4.78 is 44.6. The lowest BCUT2D eigenvalue weighted by molar-refractivity contribution is 0.415. The van der Waals surface area contributed by atoms with Crippen molar-refractivity contribution in [1.29, 1.82) is 0 Å². The Morgan fingerprint density at radius 1 is 1.07 bits per heavy atom. The SMILES string of the molecule is COc1ccc(Nc2nc(Nc3ccc(S(=O)(=O)N(C)C)cc3)ncc2F)cc1Cl. The second-order valence-corrected chi connectivity index (χ2v) is 8.86. The number of ether oxygens (including phenoxy) is 1. The van der Waals surface area contributed by atoms with E-state index in [4.69, 9.17) is 16.3 Å². The van der Waals surface area contributed by atoms with Gasteiger partial charge in [0.2, 0.25) is 16.0 Å². The zero-order chi connectivity index (χ0) is 21.9. The van der Waals surface area contributed by atoms with Crippen molar-refractivity contribution < 1.29 is 17.5 Å².